The first-order valence-electron chi connectivity index (χ1n) is 9.16. The smallest absolute Gasteiger partial charge is 0.317 e. The van der Waals surface area contributed by atoms with Crippen LogP contribution >= 0.6 is 0 Å². The Morgan fingerprint density at radius 3 is 2.43 bits per heavy atom. The molecule has 1 heterocycles. The van der Waals surface area contributed by atoms with Crippen molar-refractivity contribution in [2.45, 2.75) is 26.2 Å². The van der Waals surface area contributed by atoms with Gasteiger partial charge >= 0.3 is 5.97 Å². The summed E-state index contributed by atoms with van der Waals surface area (Å²) in [7, 11) is 0. The van der Waals surface area contributed by atoms with E-state index in [2.05, 4.69) is 0 Å². The quantitative estimate of drug-likeness (QED) is 0.395. The summed E-state index contributed by atoms with van der Waals surface area (Å²) < 4.78 is 15.9. The van der Waals surface area contributed by atoms with Crippen LogP contribution in [0.25, 0.3) is 0 Å². The Balaban J connectivity index is 1.98. The summed E-state index contributed by atoms with van der Waals surface area (Å²) in [6.45, 7) is 3.29. The second kappa shape index (κ2) is 8.69. The average molecular weight is 382 g/mol. The predicted molar refractivity (Wildman–Crippen MR) is 101 cm³/mol. The summed E-state index contributed by atoms with van der Waals surface area (Å²) in [6, 6.07) is 14.0. The van der Waals surface area contributed by atoms with E-state index in [4.69, 9.17) is 14.2 Å². The number of ether oxygens (including phenoxy) is 3. The summed E-state index contributed by atoms with van der Waals surface area (Å²) in [6.07, 6.45) is -0.00722. The SMILES string of the molecule is CCOC(=O)C(C(C)=O)C(CC(=O)c1ccccc1)c1ccc2c(c1)OCO2. The highest BCUT2D eigenvalue weighted by Gasteiger charge is 2.37. The van der Waals surface area contributed by atoms with Crippen LogP contribution in [-0.4, -0.2) is 30.9 Å². The zero-order valence-electron chi connectivity index (χ0n) is 15.8. The van der Waals surface area contributed by atoms with Crippen LogP contribution in [0.4, 0.5) is 0 Å². The molecule has 2 aromatic rings. The number of esters is 1. The minimum Gasteiger partial charge on any atom is -0.465 e. The molecule has 3 rings (SSSR count). The number of carbonyl (C=O) groups excluding carboxylic acids is 3. The van der Waals surface area contributed by atoms with Crippen molar-refractivity contribution in [3.63, 3.8) is 0 Å². The first-order valence-corrected chi connectivity index (χ1v) is 9.16. The summed E-state index contributed by atoms with van der Waals surface area (Å²) in [4.78, 5) is 37.7. The maximum Gasteiger partial charge on any atom is 0.317 e. The van der Waals surface area contributed by atoms with Crippen LogP contribution in [0.2, 0.25) is 0 Å². The molecule has 0 N–H and O–H groups in total. The Hall–Kier alpha value is -3.15. The topological polar surface area (TPSA) is 78.9 Å². The summed E-state index contributed by atoms with van der Waals surface area (Å²) in [5.41, 5.74) is 1.18. The lowest BCUT2D eigenvalue weighted by atomic mass is 9.79. The van der Waals surface area contributed by atoms with Crippen molar-refractivity contribution in [1.29, 1.82) is 0 Å². The van der Waals surface area contributed by atoms with Gasteiger partial charge in [0.15, 0.2) is 17.3 Å². The van der Waals surface area contributed by atoms with Crippen molar-refractivity contribution in [3.8, 4) is 11.5 Å². The van der Waals surface area contributed by atoms with E-state index in [1.807, 2.05) is 6.07 Å². The van der Waals surface area contributed by atoms with E-state index >= 15 is 0 Å². The molecule has 1 aliphatic heterocycles. The first kappa shape index (κ1) is 19.6. The molecule has 0 saturated carbocycles. The van der Waals surface area contributed by atoms with Crippen molar-refractivity contribution < 1.29 is 28.6 Å². The number of benzene rings is 2. The van der Waals surface area contributed by atoms with Crippen LogP contribution in [-0.2, 0) is 14.3 Å². The molecule has 2 atom stereocenters. The lowest BCUT2D eigenvalue weighted by molar-refractivity contribution is -0.152. The second-order valence-corrected chi connectivity index (χ2v) is 6.55. The third-order valence-corrected chi connectivity index (χ3v) is 4.71. The fourth-order valence-electron chi connectivity index (χ4n) is 3.36. The van der Waals surface area contributed by atoms with Gasteiger partial charge in [0.05, 0.1) is 6.61 Å². The molecule has 0 amide bonds. The average Bonchev–Trinajstić information content (AvgIpc) is 3.15. The van der Waals surface area contributed by atoms with Gasteiger partial charge in [0.2, 0.25) is 6.79 Å². The van der Waals surface area contributed by atoms with Crippen molar-refractivity contribution in [2.75, 3.05) is 13.4 Å². The van der Waals surface area contributed by atoms with Gasteiger partial charge in [-0.25, -0.2) is 0 Å². The van der Waals surface area contributed by atoms with Crippen LogP contribution in [0.3, 0.4) is 0 Å². The summed E-state index contributed by atoms with van der Waals surface area (Å²) in [5.74, 6) is -1.75. The van der Waals surface area contributed by atoms with Crippen molar-refractivity contribution >= 4 is 17.5 Å². The molecule has 0 radical (unpaired) electrons. The molecule has 0 fully saturated rings. The molecule has 0 bridgehead atoms. The second-order valence-electron chi connectivity index (χ2n) is 6.55. The molecule has 0 spiro atoms. The van der Waals surface area contributed by atoms with Gasteiger partial charge in [-0.3, -0.25) is 14.4 Å². The minimum absolute atomic E-state index is 0.00722. The van der Waals surface area contributed by atoms with E-state index in [0.29, 0.717) is 22.6 Å². The van der Waals surface area contributed by atoms with Crippen LogP contribution in [0.15, 0.2) is 48.5 Å². The van der Waals surface area contributed by atoms with Gasteiger partial charge < -0.3 is 14.2 Å². The van der Waals surface area contributed by atoms with Crippen molar-refractivity contribution in [1.82, 2.24) is 0 Å². The first-order chi connectivity index (χ1) is 13.5. The monoisotopic (exact) mass is 382 g/mol. The highest BCUT2D eigenvalue weighted by atomic mass is 16.7. The summed E-state index contributed by atoms with van der Waals surface area (Å²) >= 11 is 0. The molecular formula is C22H22O6. The standard InChI is InChI=1S/C22H22O6/c1-3-26-22(25)21(14(2)23)17(12-18(24)15-7-5-4-6-8-15)16-9-10-19-20(11-16)28-13-27-19/h4-11,17,21H,3,12-13H2,1-2H3. The van der Waals surface area contributed by atoms with E-state index in [9.17, 15) is 14.4 Å². The summed E-state index contributed by atoms with van der Waals surface area (Å²) in [5, 5.41) is 0. The fraction of sp³-hybridized carbons (Fsp3) is 0.318. The number of carbonyl (C=O) groups is 3. The Labute approximate surface area is 163 Å². The maximum atomic E-state index is 12.9. The van der Waals surface area contributed by atoms with E-state index < -0.39 is 17.8 Å². The van der Waals surface area contributed by atoms with Crippen LogP contribution in [0, 0.1) is 5.92 Å². The van der Waals surface area contributed by atoms with E-state index in [-0.39, 0.29) is 31.4 Å². The van der Waals surface area contributed by atoms with E-state index in [0.717, 1.165) is 0 Å². The number of hydrogen-bond acceptors (Lipinski definition) is 6. The third kappa shape index (κ3) is 4.22. The van der Waals surface area contributed by atoms with Crippen LogP contribution < -0.4 is 9.47 Å². The van der Waals surface area contributed by atoms with Gasteiger partial charge in [0.1, 0.15) is 11.7 Å². The molecule has 6 nitrogen and oxygen atoms in total. The molecule has 2 unspecified atom stereocenters. The minimum atomic E-state index is -1.08. The lowest BCUT2D eigenvalue weighted by Crippen LogP contribution is -2.32. The largest absolute Gasteiger partial charge is 0.465 e. The van der Waals surface area contributed by atoms with Gasteiger partial charge in [-0.1, -0.05) is 36.4 Å². The Morgan fingerprint density at radius 2 is 1.75 bits per heavy atom. The molecule has 0 aliphatic carbocycles. The molecule has 1 aliphatic rings. The zero-order valence-corrected chi connectivity index (χ0v) is 15.8. The number of Topliss-reactive ketones (excluding diaryl/α,β-unsaturated/α-hetero) is 2. The normalized spacial score (nSPS) is 14.2. The van der Waals surface area contributed by atoms with Crippen molar-refractivity contribution in [2.24, 2.45) is 5.92 Å². The van der Waals surface area contributed by atoms with Gasteiger partial charge in [0, 0.05) is 17.9 Å². The maximum absolute atomic E-state index is 12.9. The molecule has 6 heteroatoms. The highest BCUT2D eigenvalue weighted by Crippen LogP contribution is 2.39. The van der Waals surface area contributed by atoms with E-state index in [1.54, 1.807) is 49.4 Å². The lowest BCUT2D eigenvalue weighted by Gasteiger charge is -2.24. The van der Waals surface area contributed by atoms with E-state index in [1.165, 1.54) is 6.92 Å². The van der Waals surface area contributed by atoms with Gasteiger partial charge in [0.25, 0.3) is 0 Å². The number of fused-ring (bicyclic) bond motifs is 1. The molecular weight excluding hydrogens is 360 g/mol. The van der Waals surface area contributed by atoms with Gasteiger partial charge in [-0.15, -0.1) is 0 Å². The molecule has 146 valence electrons. The molecule has 2 aromatic carbocycles. The number of hydrogen-bond donors (Lipinski definition) is 0. The third-order valence-electron chi connectivity index (χ3n) is 4.71. The number of ketones is 2. The molecule has 0 saturated heterocycles. The highest BCUT2D eigenvalue weighted by molar-refractivity contribution is 6.01. The van der Waals surface area contributed by atoms with Crippen LogP contribution in [0.1, 0.15) is 42.1 Å². The zero-order chi connectivity index (χ0) is 20.1. The van der Waals surface area contributed by atoms with Crippen molar-refractivity contribution in [3.05, 3.63) is 59.7 Å². The Bertz CT molecular complexity index is 874. The molecule has 28 heavy (non-hydrogen) atoms. The predicted octanol–water partition coefficient (Wildman–Crippen LogP) is 3.54. The molecule has 0 aromatic heterocycles. The number of rotatable bonds is 8. The van der Waals surface area contributed by atoms with Crippen LogP contribution in [0.5, 0.6) is 11.5 Å². The Kier molecular flexibility index (Phi) is 6.09. The Morgan fingerprint density at radius 1 is 1.04 bits per heavy atom. The van der Waals surface area contributed by atoms with Gasteiger partial charge in [-0.05, 0) is 31.5 Å². The fourth-order valence-corrected chi connectivity index (χ4v) is 3.36. The van der Waals surface area contributed by atoms with Gasteiger partial charge in [-0.2, -0.15) is 0 Å².